The lowest BCUT2D eigenvalue weighted by Gasteiger charge is -2.39. The van der Waals surface area contributed by atoms with Gasteiger partial charge in [0.1, 0.15) is 17.2 Å². The Morgan fingerprint density at radius 1 is 1.10 bits per heavy atom. The highest BCUT2D eigenvalue weighted by molar-refractivity contribution is 7.14. The molecule has 0 bridgehead atoms. The molecule has 4 aromatic rings. The van der Waals surface area contributed by atoms with Crippen molar-refractivity contribution < 1.29 is 18.7 Å². The Morgan fingerprint density at radius 2 is 1.83 bits per heavy atom. The summed E-state index contributed by atoms with van der Waals surface area (Å²) in [4.78, 5) is 25.3. The number of nitrogens with zero attached hydrogens (tertiary/aromatic N) is 7. The van der Waals surface area contributed by atoms with Gasteiger partial charge in [0.05, 0.1) is 18.3 Å². The zero-order valence-corrected chi connectivity index (χ0v) is 23.9. The number of aliphatic hydroxyl groups is 1. The van der Waals surface area contributed by atoms with Crippen LogP contribution >= 0.6 is 11.3 Å². The van der Waals surface area contributed by atoms with E-state index in [0.717, 1.165) is 33.3 Å². The summed E-state index contributed by atoms with van der Waals surface area (Å²) < 4.78 is 30.8. The maximum Gasteiger partial charge on any atom is 0.236 e. The summed E-state index contributed by atoms with van der Waals surface area (Å²) in [7, 11) is 0. The van der Waals surface area contributed by atoms with Crippen molar-refractivity contribution in [3.05, 3.63) is 53.4 Å². The van der Waals surface area contributed by atoms with Gasteiger partial charge in [0.2, 0.25) is 5.91 Å². The Hall–Kier alpha value is -3.61. The van der Waals surface area contributed by atoms with E-state index in [-0.39, 0.29) is 17.5 Å². The van der Waals surface area contributed by atoms with E-state index in [0.29, 0.717) is 64.4 Å². The number of amides is 1. The summed E-state index contributed by atoms with van der Waals surface area (Å²) in [6.07, 6.45) is -0.404. The topological polar surface area (TPSA) is 81.0 Å². The van der Waals surface area contributed by atoms with Crippen LogP contribution in [0.2, 0.25) is 0 Å². The summed E-state index contributed by atoms with van der Waals surface area (Å²) >= 11 is 1.48. The number of likely N-dealkylation sites (tertiary alicyclic amines) is 1. The Labute approximate surface area is 241 Å². The van der Waals surface area contributed by atoms with E-state index in [4.69, 9.17) is 4.98 Å². The van der Waals surface area contributed by atoms with Crippen LogP contribution < -0.4 is 9.80 Å². The molecule has 216 valence electrons. The summed E-state index contributed by atoms with van der Waals surface area (Å²) in [6, 6.07) is 9.82. The molecule has 0 atom stereocenters. The molecule has 2 aromatic carbocycles. The third kappa shape index (κ3) is 5.39. The molecule has 6 rings (SSSR count). The number of thiazole rings is 1. The number of aromatic nitrogens is 3. The average molecular weight is 582 g/mol. The fourth-order valence-corrected chi connectivity index (χ4v) is 6.38. The molecule has 0 saturated carbocycles. The highest BCUT2D eigenvalue weighted by Gasteiger charge is 2.31. The predicted octanol–water partition coefficient (Wildman–Crippen LogP) is 3.94. The monoisotopic (exact) mass is 581 g/mol. The number of anilines is 3. The Bertz CT molecular complexity index is 1540. The highest BCUT2D eigenvalue weighted by Crippen LogP contribution is 2.38. The lowest BCUT2D eigenvalue weighted by atomic mass is 10.1. The minimum atomic E-state index is -0.404. The fraction of sp³-hybridized carbons (Fsp3) is 0.414. The van der Waals surface area contributed by atoms with E-state index in [1.807, 2.05) is 30.0 Å². The van der Waals surface area contributed by atoms with Crippen LogP contribution in [0.1, 0.15) is 13.8 Å². The van der Waals surface area contributed by atoms with Crippen molar-refractivity contribution in [2.45, 2.75) is 26.5 Å². The number of β-amino-alcohol motifs (C(OH)–C–C–N with tert-alkyl or cyclic N) is 1. The molecule has 2 aromatic heterocycles. The number of fused-ring (bicyclic) bond motifs is 1. The first-order valence-electron chi connectivity index (χ1n) is 14.0. The van der Waals surface area contributed by atoms with Gasteiger partial charge in [-0.25, -0.2) is 18.4 Å². The molecule has 2 aliphatic heterocycles. The highest BCUT2D eigenvalue weighted by atomic mass is 32.1. The number of hydrogen-bond donors (Lipinski definition) is 1. The number of aryl methyl sites for hydroxylation is 1. The van der Waals surface area contributed by atoms with Gasteiger partial charge in [-0.15, -0.1) is 11.3 Å². The number of benzene rings is 2. The van der Waals surface area contributed by atoms with Gasteiger partial charge >= 0.3 is 0 Å². The maximum atomic E-state index is 15.5. The molecule has 1 amide bonds. The van der Waals surface area contributed by atoms with Gasteiger partial charge in [-0.3, -0.25) is 9.69 Å². The standard InChI is InChI=1S/C29H33F2N7O2S/c1-3-37(29-32-25(18-41-29)19-5-7-20(30)8-6-19)28-23-13-21(14-24(31)27(23)33-38(28)4-2)35-11-9-34(10-12-35)17-26(40)36-15-22(39)16-36/h5-8,13-14,18,22,39H,3-4,9-12,15-17H2,1-2H3. The lowest BCUT2D eigenvalue weighted by molar-refractivity contribution is -0.142. The average Bonchev–Trinajstić information content (AvgIpc) is 3.59. The summed E-state index contributed by atoms with van der Waals surface area (Å²) in [5.74, 6) is 0.156. The molecule has 0 aliphatic carbocycles. The second-order valence-electron chi connectivity index (χ2n) is 10.4. The molecular formula is C29H33F2N7O2S. The number of rotatable bonds is 8. The third-order valence-corrected chi connectivity index (χ3v) is 8.66. The van der Waals surface area contributed by atoms with Gasteiger partial charge in [-0.2, -0.15) is 5.10 Å². The van der Waals surface area contributed by atoms with Crippen LogP contribution in [0.4, 0.5) is 25.4 Å². The van der Waals surface area contributed by atoms with Gasteiger partial charge in [-0.1, -0.05) is 0 Å². The van der Waals surface area contributed by atoms with Crippen LogP contribution in [0, 0.1) is 11.6 Å². The number of carbonyl (C=O) groups is 1. The normalized spacial score (nSPS) is 16.4. The first-order chi connectivity index (χ1) is 19.8. The van der Waals surface area contributed by atoms with E-state index in [2.05, 4.69) is 19.8 Å². The SMILES string of the molecule is CCN(c1nc(-c2ccc(F)cc2)cs1)c1c2cc(N3CCN(CC(=O)N4CC(O)C4)CC3)cc(F)c2nn1CC. The van der Waals surface area contributed by atoms with E-state index >= 15 is 4.39 Å². The smallest absolute Gasteiger partial charge is 0.236 e. The molecule has 1 N–H and O–H groups in total. The minimum absolute atomic E-state index is 0.0391. The van der Waals surface area contributed by atoms with Crippen LogP contribution in [-0.2, 0) is 11.3 Å². The Balaban J connectivity index is 1.25. The zero-order valence-electron chi connectivity index (χ0n) is 23.1. The Kier molecular flexibility index (Phi) is 7.62. The van der Waals surface area contributed by atoms with Crippen LogP contribution in [0.25, 0.3) is 22.2 Å². The van der Waals surface area contributed by atoms with Crippen molar-refractivity contribution in [1.29, 1.82) is 0 Å². The molecular weight excluding hydrogens is 548 g/mol. The lowest BCUT2D eigenvalue weighted by Crippen LogP contribution is -2.57. The second-order valence-corrected chi connectivity index (χ2v) is 11.3. The zero-order chi connectivity index (χ0) is 28.7. The molecule has 4 heterocycles. The molecule has 2 aliphatic rings. The second kappa shape index (κ2) is 11.3. The van der Waals surface area contributed by atoms with Gasteiger partial charge < -0.3 is 19.8 Å². The number of hydrogen-bond acceptors (Lipinski definition) is 8. The summed E-state index contributed by atoms with van der Waals surface area (Å²) in [5.41, 5.74) is 2.69. The van der Waals surface area contributed by atoms with Gasteiger partial charge in [0, 0.05) is 74.4 Å². The molecule has 0 spiro atoms. The maximum absolute atomic E-state index is 15.5. The quantitative estimate of drug-likeness (QED) is 0.338. The van der Waals surface area contributed by atoms with E-state index in [1.165, 1.54) is 23.5 Å². The molecule has 41 heavy (non-hydrogen) atoms. The molecule has 0 radical (unpaired) electrons. The predicted molar refractivity (Wildman–Crippen MR) is 157 cm³/mol. The first kappa shape index (κ1) is 27.6. The summed E-state index contributed by atoms with van der Waals surface area (Å²) in [5, 5.41) is 17.5. The van der Waals surface area contributed by atoms with Crippen molar-refractivity contribution in [1.82, 2.24) is 24.6 Å². The van der Waals surface area contributed by atoms with Crippen LogP contribution in [0.15, 0.2) is 41.8 Å². The number of aliphatic hydroxyl groups excluding tert-OH is 1. The third-order valence-electron chi connectivity index (χ3n) is 7.80. The molecule has 2 saturated heterocycles. The molecule has 9 nitrogen and oxygen atoms in total. The van der Waals surface area contributed by atoms with Crippen molar-refractivity contribution in [3.63, 3.8) is 0 Å². The fourth-order valence-electron chi connectivity index (χ4n) is 5.48. The van der Waals surface area contributed by atoms with Crippen molar-refractivity contribution in [3.8, 4) is 11.3 Å². The van der Waals surface area contributed by atoms with E-state index in [9.17, 15) is 14.3 Å². The van der Waals surface area contributed by atoms with Crippen molar-refractivity contribution in [2.75, 3.05) is 62.2 Å². The van der Waals surface area contributed by atoms with E-state index in [1.54, 1.807) is 23.1 Å². The Morgan fingerprint density at radius 3 is 2.49 bits per heavy atom. The van der Waals surface area contributed by atoms with Crippen molar-refractivity contribution >= 4 is 44.8 Å². The van der Waals surface area contributed by atoms with Gasteiger partial charge in [0.25, 0.3) is 0 Å². The first-order valence-corrected chi connectivity index (χ1v) is 14.8. The molecule has 2 fully saturated rings. The van der Waals surface area contributed by atoms with Crippen LogP contribution in [0.3, 0.4) is 0 Å². The molecule has 0 unspecified atom stereocenters. The number of carbonyl (C=O) groups excluding carboxylic acids is 1. The van der Waals surface area contributed by atoms with E-state index < -0.39 is 6.10 Å². The summed E-state index contributed by atoms with van der Waals surface area (Å²) in [6.45, 7) is 9.05. The number of piperazine rings is 1. The molecule has 12 heteroatoms. The van der Waals surface area contributed by atoms with Crippen molar-refractivity contribution in [2.24, 2.45) is 0 Å². The van der Waals surface area contributed by atoms with Gasteiger partial charge in [-0.05, 0) is 50.2 Å². The largest absolute Gasteiger partial charge is 0.389 e. The minimum Gasteiger partial charge on any atom is -0.389 e. The number of halogens is 2. The van der Waals surface area contributed by atoms with Crippen LogP contribution in [-0.4, -0.2) is 94.0 Å². The van der Waals surface area contributed by atoms with Gasteiger partial charge in [0.15, 0.2) is 10.9 Å². The van der Waals surface area contributed by atoms with Crippen LogP contribution in [0.5, 0.6) is 0 Å².